The molecule has 1 amide bonds. The summed E-state index contributed by atoms with van der Waals surface area (Å²) >= 11 is 0. The number of rotatable bonds is 6. The van der Waals surface area contributed by atoms with Gasteiger partial charge in [-0.1, -0.05) is 24.3 Å². The van der Waals surface area contributed by atoms with Crippen LogP contribution in [0.5, 0.6) is 0 Å². The summed E-state index contributed by atoms with van der Waals surface area (Å²) in [6.45, 7) is 0.468. The molecular formula is C29H25N9O4S. The van der Waals surface area contributed by atoms with Crippen LogP contribution in [0.15, 0.2) is 99.9 Å². The molecule has 0 spiro atoms. The number of hydrogen-bond donors (Lipinski definition) is 5. The Morgan fingerprint density at radius 2 is 1.47 bits per heavy atom. The van der Waals surface area contributed by atoms with E-state index < -0.39 is 10.8 Å². The number of fused-ring (bicyclic) bond motifs is 2. The number of carbonyl (C=O) groups is 1. The molecule has 0 saturated carbocycles. The molecule has 0 radical (unpaired) electrons. The average molecular weight is 596 g/mol. The Balaban J connectivity index is 0.000000220. The van der Waals surface area contributed by atoms with E-state index in [1.165, 1.54) is 24.6 Å². The van der Waals surface area contributed by atoms with Gasteiger partial charge in [-0.05, 0) is 42.0 Å². The summed E-state index contributed by atoms with van der Waals surface area (Å²) in [5, 5.41) is 7.60. The van der Waals surface area contributed by atoms with Gasteiger partial charge >= 0.3 is 0 Å². The van der Waals surface area contributed by atoms with Gasteiger partial charge in [0.15, 0.2) is 0 Å². The molecule has 6 aromatic rings. The fourth-order valence-electron chi connectivity index (χ4n) is 3.84. The number of aromatic nitrogens is 6. The second-order valence-electron chi connectivity index (χ2n) is 9.15. The van der Waals surface area contributed by atoms with Crippen molar-refractivity contribution in [2.75, 3.05) is 22.6 Å². The van der Waals surface area contributed by atoms with Crippen LogP contribution >= 0.6 is 0 Å². The van der Waals surface area contributed by atoms with Crippen LogP contribution in [0.1, 0.15) is 15.9 Å². The number of nitrogen functional groups attached to an aromatic ring is 1. The van der Waals surface area contributed by atoms with Gasteiger partial charge < -0.3 is 26.3 Å². The second-order valence-corrected chi connectivity index (χ2v) is 10.4. The van der Waals surface area contributed by atoms with Gasteiger partial charge in [0.2, 0.25) is 22.2 Å². The molecule has 13 nitrogen and oxygen atoms in total. The zero-order chi connectivity index (χ0) is 30.3. The SMILES string of the molecule is CS(=O)c1ncc2ccc(=O)[nH]c2n1.Nc1ccccc1NC(=O)c1ccc(CNc2ncc3ccc(=O)[nH]c3n2)cc1. The van der Waals surface area contributed by atoms with Gasteiger partial charge in [-0.15, -0.1) is 0 Å². The van der Waals surface area contributed by atoms with Crippen molar-refractivity contribution in [3.63, 3.8) is 0 Å². The van der Waals surface area contributed by atoms with E-state index in [2.05, 4.69) is 40.5 Å². The lowest BCUT2D eigenvalue weighted by Crippen LogP contribution is -2.13. The van der Waals surface area contributed by atoms with Crippen LogP contribution in [0.4, 0.5) is 17.3 Å². The first-order chi connectivity index (χ1) is 20.7. The van der Waals surface area contributed by atoms with Crippen LogP contribution in [-0.4, -0.2) is 46.3 Å². The molecule has 0 aliphatic heterocycles. The fraction of sp³-hybridized carbons (Fsp3) is 0.0690. The van der Waals surface area contributed by atoms with Crippen LogP contribution < -0.4 is 27.5 Å². The van der Waals surface area contributed by atoms with E-state index >= 15 is 0 Å². The van der Waals surface area contributed by atoms with Crippen LogP contribution in [0, 0.1) is 0 Å². The number of aromatic amines is 2. The molecule has 1 atom stereocenters. The third-order valence-electron chi connectivity index (χ3n) is 6.06. The Kier molecular flexibility index (Phi) is 8.58. The second kappa shape index (κ2) is 12.8. The van der Waals surface area contributed by atoms with Gasteiger partial charge in [0.05, 0.1) is 22.2 Å². The van der Waals surface area contributed by atoms with Crippen LogP contribution in [0.3, 0.4) is 0 Å². The highest BCUT2D eigenvalue weighted by atomic mass is 32.2. The molecule has 2 aromatic carbocycles. The highest BCUT2D eigenvalue weighted by Gasteiger charge is 2.08. The van der Waals surface area contributed by atoms with Gasteiger partial charge in [0.25, 0.3) is 5.91 Å². The molecule has 14 heteroatoms. The van der Waals surface area contributed by atoms with Crippen molar-refractivity contribution >= 4 is 56.1 Å². The molecule has 1 unspecified atom stereocenters. The van der Waals surface area contributed by atoms with E-state index in [4.69, 9.17) is 5.73 Å². The molecule has 0 saturated heterocycles. The number of benzene rings is 2. The standard InChI is InChI=1S/C21H18N6O2.C8H7N3O2S/c22-16-3-1-2-4-17(16)25-20(29)14-7-5-13(6-8-14)11-23-21-24-12-15-9-10-18(28)26-19(15)27-21;1-14(13)8-9-4-5-2-3-6(12)10-7(5)11-8/h1-10,12H,11,22H2,(H,25,29)(H2,23,24,26,27,28);2-4H,1H3,(H,9,10,11,12). The van der Waals surface area contributed by atoms with Crippen molar-refractivity contribution in [2.24, 2.45) is 0 Å². The topological polar surface area (TPSA) is 202 Å². The molecule has 0 aliphatic carbocycles. The van der Waals surface area contributed by atoms with Crippen LogP contribution in [0.25, 0.3) is 22.1 Å². The Labute approximate surface area is 246 Å². The van der Waals surface area contributed by atoms with E-state index in [9.17, 15) is 18.6 Å². The molecule has 0 fully saturated rings. The minimum atomic E-state index is -1.24. The number of anilines is 3. The van der Waals surface area contributed by atoms with Crippen LogP contribution in [-0.2, 0) is 17.3 Å². The molecule has 4 heterocycles. The monoisotopic (exact) mass is 595 g/mol. The Morgan fingerprint density at radius 1 is 0.837 bits per heavy atom. The first kappa shape index (κ1) is 28.8. The van der Waals surface area contributed by atoms with Gasteiger partial charge in [-0.25, -0.2) is 15.0 Å². The predicted octanol–water partition coefficient (Wildman–Crippen LogP) is 2.82. The normalized spacial score (nSPS) is 11.4. The maximum atomic E-state index is 12.4. The largest absolute Gasteiger partial charge is 0.397 e. The summed E-state index contributed by atoms with van der Waals surface area (Å²) < 4.78 is 11.1. The van der Waals surface area contributed by atoms with E-state index in [1.807, 2.05) is 24.3 Å². The Hall–Kier alpha value is -5.76. The number of carbonyl (C=O) groups excluding carboxylic acids is 1. The van der Waals surface area contributed by atoms with Crippen molar-refractivity contribution in [1.29, 1.82) is 0 Å². The third-order valence-corrected chi connectivity index (χ3v) is 6.77. The summed E-state index contributed by atoms with van der Waals surface area (Å²) in [5.41, 5.74) is 8.86. The van der Waals surface area contributed by atoms with Crippen molar-refractivity contribution < 1.29 is 9.00 Å². The van der Waals surface area contributed by atoms with Gasteiger partial charge in [-0.3, -0.25) is 18.6 Å². The Morgan fingerprint density at radius 3 is 2.12 bits per heavy atom. The summed E-state index contributed by atoms with van der Waals surface area (Å²) in [6, 6.07) is 20.4. The lowest BCUT2D eigenvalue weighted by atomic mass is 10.1. The van der Waals surface area contributed by atoms with Gasteiger partial charge in [0.1, 0.15) is 11.3 Å². The molecule has 216 valence electrons. The lowest BCUT2D eigenvalue weighted by molar-refractivity contribution is 0.102. The molecule has 4 aromatic heterocycles. The van der Waals surface area contributed by atoms with Gasteiger partial charge in [-0.2, -0.15) is 4.98 Å². The smallest absolute Gasteiger partial charge is 0.255 e. The zero-order valence-corrected chi connectivity index (χ0v) is 23.5. The summed E-state index contributed by atoms with van der Waals surface area (Å²) in [6.07, 6.45) is 4.67. The first-order valence-electron chi connectivity index (χ1n) is 12.8. The predicted molar refractivity (Wildman–Crippen MR) is 165 cm³/mol. The van der Waals surface area contributed by atoms with E-state index in [0.29, 0.717) is 40.7 Å². The minimum absolute atomic E-state index is 0.215. The van der Waals surface area contributed by atoms with E-state index in [0.717, 1.165) is 16.3 Å². The number of nitrogens with one attached hydrogen (secondary N) is 4. The third kappa shape index (κ3) is 7.31. The molecule has 6 N–H and O–H groups in total. The van der Waals surface area contributed by atoms with Crippen molar-refractivity contribution in [1.82, 2.24) is 29.9 Å². The number of pyridine rings is 2. The minimum Gasteiger partial charge on any atom is -0.397 e. The quantitative estimate of drug-likeness (QED) is 0.141. The van der Waals surface area contributed by atoms with E-state index in [-0.39, 0.29) is 22.2 Å². The van der Waals surface area contributed by atoms with Gasteiger partial charge in [0, 0.05) is 53.7 Å². The van der Waals surface area contributed by atoms with Crippen LogP contribution in [0.2, 0.25) is 0 Å². The maximum absolute atomic E-state index is 12.4. The highest BCUT2D eigenvalue weighted by Crippen LogP contribution is 2.18. The lowest BCUT2D eigenvalue weighted by Gasteiger charge is -2.09. The van der Waals surface area contributed by atoms with Crippen molar-refractivity contribution in [3.05, 3.63) is 117 Å². The summed E-state index contributed by atoms with van der Waals surface area (Å²) in [7, 11) is -1.24. The fourth-order valence-corrected chi connectivity index (χ4v) is 4.26. The number of nitrogens with two attached hydrogens (primary N) is 1. The number of nitrogens with zero attached hydrogens (tertiary/aromatic N) is 4. The number of amides is 1. The highest BCUT2D eigenvalue weighted by molar-refractivity contribution is 7.84. The Bertz CT molecular complexity index is 2080. The molecule has 0 aliphatic rings. The van der Waals surface area contributed by atoms with Crippen molar-refractivity contribution in [2.45, 2.75) is 11.7 Å². The van der Waals surface area contributed by atoms with E-state index in [1.54, 1.807) is 42.6 Å². The first-order valence-corrected chi connectivity index (χ1v) is 14.4. The molecule has 0 bridgehead atoms. The number of H-pyrrole nitrogens is 2. The van der Waals surface area contributed by atoms with Crippen molar-refractivity contribution in [3.8, 4) is 0 Å². The zero-order valence-electron chi connectivity index (χ0n) is 22.7. The number of para-hydroxylation sites is 2. The maximum Gasteiger partial charge on any atom is 0.255 e. The molecule has 43 heavy (non-hydrogen) atoms. The summed E-state index contributed by atoms with van der Waals surface area (Å²) in [4.78, 5) is 56.4. The average Bonchev–Trinajstić information content (AvgIpc) is 3.01. The molecular weight excluding hydrogens is 570 g/mol. The molecule has 6 rings (SSSR count). The number of hydrogen-bond acceptors (Lipinski definition) is 10. The summed E-state index contributed by atoms with van der Waals surface area (Å²) in [5.74, 6) is 0.171.